The molecule has 0 aliphatic heterocycles. The molecule has 1 aromatic heterocycles. The molecule has 4 aromatic rings. The highest BCUT2D eigenvalue weighted by Gasteiger charge is 2.14. The predicted molar refractivity (Wildman–Crippen MR) is 125 cm³/mol. The Labute approximate surface area is 187 Å². The SMILES string of the molecule is CC[C@H](C)c1ccc(OCC(=O)Nc2cc(-c3nc4ccccc4o3)ccc2OC)cc1. The number of anilines is 1. The van der Waals surface area contributed by atoms with Gasteiger partial charge in [0.05, 0.1) is 12.8 Å². The minimum Gasteiger partial charge on any atom is -0.495 e. The summed E-state index contributed by atoms with van der Waals surface area (Å²) in [6.45, 7) is 4.23. The van der Waals surface area contributed by atoms with Gasteiger partial charge in [-0.05, 0) is 60.4 Å². The highest BCUT2D eigenvalue weighted by Crippen LogP contribution is 2.32. The molecule has 0 aliphatic rings. The molecule has 0 fully saturated rings. The molecule has 1 heterocycles. The largest absolute Gasteiger partial charge is 0.495 e. The molecular formula is C26H26N2O4. The molecule has 32 heavy (non-hydrogen) atoms. The van der Waals surface area contributed by atoms with Gasteiger partial charge in [-0.3, -0.25) is 4.79 Å². The van der Waals surface area contributed by atoms with Gasteiger partial charge in [0, 0.05) is 5.56 Å². The summed E-state index contributed by atoms with van der Waals surface area (Å²) in [6.07, 6.45) is 1.08. The van der Waals surface area contributed by atoms with Crippen molar-refractivity contribution < 1.29 is 18.7 Å². The van der Waals surface area contributed by atoms with Crippen LogP contribution >= 0.6 is 0 Å². The van der Waals surface area contributed by atoms with Crippen molar-refractivity contribution in [1.29, 1.82) is 0 Å². The van der Waals surface area contributed by atoms with Crippen molar-refractivity contribution in [3.05, 3.63) is 72.3 Å². The normalized spacial score (nSPS) is 11.8. The molecule has 0 radical (unpaired) electrons. The van der Waals surface area contributed by atoms with Gasteiger partial charge in [0.2, 0.25) is 5.89 Å². The number of amides is 1. The maximum atomic E-state index is 12.5. The van der Waals surface area contributed by atoms with E-state index in [1.807, 2.05) is 54.6 Å². The van der Waals surface area contributed by atoms with Gasteiger partial charge in [0.25, 0.3) is 5.91 Å². The van der Waals surface area contributed by atoms with Crippen LogP contribution in [0.3, 0.4) is 0 Å². The molecule has 164 valence electrons. The molecule has 0 aliphatic carbocycles. The van der Waals surface area contributed by atoms with Crippen LogP contribution < -0.4 is 14.8 Å². The Bertz CT molecular complexity index is 1180. The summed E-state index contributed by atoms with van der Waals surface area (Å²) in [7, 11) is 1.56. The molecular weight excluding hydrogens is 404 g/mol. The fourth-order valence-corrected chi connectivity index (χ4v) is 3.40. The Kier molecular flexibility index (Phi) is 6.40. The summed E-state index contributed by atoms with van der Waals surface area (Å²) in [4.78, 5) is 17.0. The predicted octanol–water partition coefficient (Wildman–Crippen LogP) is 6.03. The van der Waals surface area contributed by atoms with Crippen molar-refractivity contribution in [2.45, 2.75) is 26.2 Å². The van der Waals surface area contributed by atoms with Gasteiger partial charge in [-0.1, -0.05) is 38.1 Å². The van der Waals surface area contributed by atoms with E-state index >= 15 is 0 Å². The van der Waals surface area contributed by atoms with E-state index < -0.39 is 0 Å². The average Bonchev–Trinajstić information content (AvgIpc) is 3.27. The van der Waals surface area contributed by atoms with Crippen LogP contribution in [0, 0.1) is 0 Å². The molecule has 4 rings (SSSR count). The topological polar surface area (TPSA) is 73.6 Å². The van der Waals surface area contributed by atoms with Gasteiger partial charge < -0.3 is 19.2 Å². The van der Waals surface area contributed by atoms with Crippen molar-refractivity contribution in [2.24, 2.45) is 0 Å². The Hall–Kier alpha value is -3.80. The molecule has 0 bridgehead atoms. The summed E-state index contributed by atoms with van der Waals surface area (Å²) in [5, 5.41) is 2.86. The summed E-state index contributed by atoms with van der Waals surface area (Å²) < 4.78 is 16.9. The van der Waals surface area contributed by atoms with E-state index in [-0.39, 0.29) is 12.5 Å². The van der Waals surface area contributed by atoms with Gasteiger partial charge in [-0.25, -0.2) is 4.98 Å². The van der Waals surface area contributed by atoms with E-state index in [9.17, 15) is 4.79 Å². The highest BCUT2D eigenvalue weighted by molar-refractivity contribution is 5.94. The third kappa shape index (κ3) is 4.75. The lowest BCUT2D eigenvalue weighted by Gasteiger charge is -2.13. The van der Waals surface area contributed by atoms with Gasteiger partial charge in [-0.15, -0.1) is 0 Å². The molecule has 0 saturated carbocycles. The van der Waals surface area contributed by atoms with Crippen LogP contribution in [0.15, 0.2) is 71.1 Å². The van der Waals surface area contributed by atoms with E-state index in [1.54, 1.807) is 19.2 Å². The van der Waals surface area contributed by atoms with Crippen molar-refractivity contribution in [3.8, 4) is 23.0 Å². The zero-order chi connectivity index (χ0) is 22.5. The number of ether oxygens (including phenoxy) is 2. The molecule has 6 heteroatoms. The lowest BCUT2D eigenvalue weighted by Crippen LogP contribution is -2.20. The van der Waals surface area contributed by atoms with E-state index in [0.29, 0.717) is 34.6 Å². The van der Waals surface area contributed by atoms with E-state index in [0.717, 1.165) is 17.5 Å². The second kappa shape index (κ2) is 9.56. The summed E-state index contributed by atoms with van der Waals surface area (Å²) in [6, 6.07) is 20.8. The molecule has 1 amide bonds. The minimum atomic E-state index is -0.288. The van der Waals surface area contributed by atoms with Gasteiger partial charge >= 0.3 is 0 Å². The third-order valence-corrected chi connectivity index (χ3v) is 5.45. The zero-order valence-corrected chi connectivity index (χ0v) is 18.4. The molecule has 1 atom stereocenters. The number of oxazole rings is 1. The number of hydrogen-bond donors (Lipinski definition) is 1. The first-order valence-electron chi connectivity index (χ1n) is 10.6. The van der Waals surface area contributed by atoms with Crippen molar-refractivity contribution in [1.82, 2.24) is 4.98 Å². The van der Waals surface area contributed by atoms with Gasteiger partial charge in [0.1, 0.15) is 17.0 Å². The second-order valence-electron chi connectivity index (χ2n) is 7.62. The molecule has 0 unspecified atom stereocenters. The number of aromatic nitrogens is 1. The highest BCUT2D eigenvalue weighted by atomic mass is 16.5. The molecule has 0 saturated heterocycles. The fraction of sp³-hybridized carbons (Fsp3) is 0.231. The number of carbonyl (C=O) groups is 1. The number of para-hydroxylation sites is 2. The van der Waals surface area contributed by atoms with Crippen molar-refractivity contribution >= 4 is 22.7 Å². The molecule has 6 nitrogen and oxygen atoms in total. The third-order valence-electron chi connectivity index (χ3n) is 5.45. The summed E-state index contributed by atoms with van der Waals surface area (Å²) in [5.41, 5.74) is 3.99. The number of benzene rings is 3. The Balaban J connectivity index is 1.45. The second-order valence-corrected chi connectivity index (χ2v) is 7.62. The molecule has 1 N–H and O–H groups in total. The van der Waals surface area contributed by atoms with Crippen LogP contribution in [0.2, 0.25) is 0 Å². The van der Waals surface area contributed by atoms with E-state index in [2.05, 4.69) is 24.1 Å². The lowest BCUT2D eigenvalue weighted by molar-refractivity contribution is -0.118. The van der Waals surface area contributed by atoms with Crippen molar-refractivity contribution in [2.75, 3.05) is 19.0 Å². The quantitative estimate of drug-likeness (QED) is 0.369. The van der Waals surface area contributed by atoms with Gasteiger partial charge in [-0.2, -0.15) is 0 Å². The zero-order valence-electron chi connectivity index (χ0n) is 18.4. The average molecular weight is 431 g/mol. The Morgan fingerprint density at radius 3 is 2.59 bits per heavy atom. The number of carbonyl (C=O) groups excluding carboxylic acids is 1. The smallest absolute Gasteiger partial charge is 0.262 e. The number of hydrogen-bond acceptors (Lipinski definition) is 5. The number of rotatable bonds is 8. The lowest BCUT2D eigenvalue weighted by atomic mass is 9.99. The Morgan fingerprint density at radius 2 is 1.88 bits per heavy atom. The monoisotopic (exact) mass is 430 g/mol. The maximum absolute atomic E-state index is 12.5. The number of nitrogens with zero attached hydrogens (tertiary/aromatic N) is 1. The van der Waals surface area contributed by atoms with Crippen LogP contribution in [0.1, 0.15) is 31.7 Å². The first kappa shape index (κ1) is 21.4. The molecule has 3 aromatic carbocycles. The summed E-state index contributed by atoms with van der Waals surface area (Å²) >= 11 is 0. The number of methoxy groups -OCH3 is 1. The van der Waals surface area contributed by atoms with E-state index in [4.69, 9.17) is 13.9 Å². The molecule has 0 spiro atoms. The minimum absolute atomic E-state index is 0.112. The van der Waals surface area contributed by atoms with Crippen LogP contribution in [0.5, 0.6) is 11.5 Å². The Morgan fingerprint density at radius 1 is 1.09 bits per heavy atom. The van der Waals surface area contributed by atoms with Crippen LogP contribution in [-0.2, 0) is 4.79 Å². The van der Waals surface area contributed by atoms with Crippen LogP contribution in [-0.4, -0.2) is 24.6 Å². The fourth-order valence-electron chi connectivity index (χ4n) is 3.40. The number of nitrogens with one attached hydrogen (secondary N) is 1. The van der Waals surface area contributed by atoms with Crippen LogP contribution in [0.4, 0.5) is 5.69 Å². The van der Waals surface area contributed by atoms with Crippen LogP contribution in [0.25, 0.3) is 22.6 Å². The number of fused-ring (bicyclic) bond motifs is 1. The van der Waals surface area contributed by atoms with E-state index in [1.165, 1.54) is 5.56 Å². The standard InChI is InChI=1S/C26H26N2O4/c1-4-17(2)18-9-12-20(13-10-18)31-16-25(29)27-22-15-19(11-14-23(22)30-3)26-28-21-7-5-6-8-24(21)32-26/h5-15,17H,4,16H2,1-3H3,(H,27,29)/t17-/m0/s1. The first-order chi connectivity index (χ1) is 15.6. The maximum Gasteiger partial charge on any atom is 0.262 e. The van der Waals surface area contributed by atoms with Crippen molar-refractivity contribution in [3.63, 3.8) is 0 Å². The van der Waals surface area contributed by atoms with Gasteiger partial charge in [0.15, 0.2) is 12.2 Å². The first-order valence-corrected chi connectivity index (χ1v) is 10.6. The summed E-state index contributed by atoms with van der Waals surface area (Å²) in [5.74, 6) is 1.87.